The van der Waals surface area contributed by atoms with E-state index in [-0.39, 0.29) is 10.8 Å². The van der Waals surface area contributed by atoms with E-state index in [9.17, 15) is 13.2 Å². The minimum atomic E-state index is -3.49. The van der Waals surface area contributed by atoms with Gasteiger partial charge in [0.1, 0.15) is 17.9 Å². The lowest BCUT2D eigenvalue weighted by Gasteiger charge is -2.35. The molecule has 9 nitrogen and oxygen atoms in total. The normalized spacial score (nSPS) is 16.8. The Morgan fingerprint density at radius 2 is 1.53 bits per heavy atom. The molecule has 0 saturated carbocycles. The predicted molar refractivity (Wildman–Crippen MR) is 137 cm³/mol. The van der Waals surface area contributed by atoms with Crippen LogP contribution in [0.5, 0.6) is 5.75 Å². The van der Waals surface area contributed by atoms with Gasteiger partial charge in [0.05, 0.1) is 17.7 Å². The standard InChI is InChI=1S/C26H29N5O4S/c1-35-22-8-4-20(5-9-22)24-18-25(28-19-27-24)29-14-16-30(17-15-29)26(32)21-6-10-23(11-7-21)36(33,34)31-12-2-3-13-31/h4-11,18-19H,2-3,12-17H2,1H3. The number of amides is 1. The number of ether oxygens (including phenoxy) is 1. The highest BCUT2D eigenvalue weighted by atomic mass is 32.2. The largest absolute Gasteiger partial charge is 0.497 e. The Bertz CT molecular complexity index is 1320. The van der Waals surface area contributed by atoms with Crippen LogP contribution in [0.15, 0.2) is 65.8 Å². The Labute approximate surface area is 211 Å². The summed E-state index contributed by atoms with van der Waals surface area (Å²) < 4.78 is 32.2. The molecule has 36 heavy (non-hydrogen) atoms. The monoisotopic (exact) mass is 507 g/mol. The second-order valence-corrected chi connectivity index (χ2v) is 10.8. The Balaban J connectivity index is 1.22. The third-order valence-corrected chi connectivity index (χ3v) is 8.65. The number of nitrogens with zero attached hydrogens (tertiary/aromatic N) is 5. The van der Waals surface area contributed by atoms with Crippen LogP contribution in [-0.4, -0.2) is 79.9 Å². The molecule has 188 valence electrons. The van der Waals surface area contributed by atoms with E-state index in [1.807, 2.05) is 30.3 Å². The first kappa shape index (κ1) is 24.2. The third kappa shape index (κ3) is 4.91. The number of sulfonamides is 1. The van der Waals surface area contributed by atoms with Crippen LogP contribution in [0.2, 0.25) is 0 Å². The first-order valence-corrected chi connectivity index (χ1v) is 13.5. The number of aromatic nitrogens is 2. The zero-order chi connectivity index (χ0) is 25.1. The van der Waals surface area contributed by atoms with E-state index in [2.05, 4.69) is 14.9 Å². The van der Waals surface area contributed by atoms with Gasteiger partial charge in [-0.3, -0.25) is 4.79 Å². The minimum Gasteiger partial charge on any atom is -0.497 e. The number of piperazine rings is 1. The van der Waals surface area contributed by atoms with Crippen molar-refractivity contribution in [2.24, 2.45) is 0 Å². The maximum absolute atomic E-state index is 13.1. The summed E-state index contributed by atoms with van der Waals surface area (Å²) in [6.45, 7) is 3.50. The second kappa shape index (κ2) is 10.2. The summed E-state index contributed by atoms with van der Waals surface area (Å²) in [5.41, 5.74) is 2.29. The van der Waals surface area contributed by atoms with Gasteiger partial charge >= 0.3 is 0 Å². The van der Waals surface area contributed by atoms with Crippen molar-refractivity contribution in [2.45, 2.75) is 17.7 Å². The Kier molecular flexibility index (Phi) is 6.88. The van der Waals surface area contributed by atoms with E-state index in [0.717, 1.165) is 35.7 Å². The van der Waals surface area contributed by atoms with Gasteiger partial charge < -0.3 is 14.5 Å². The highest BCUT2D eigenvalue weighted by molar-refractivity contribution is 7.89. The fourth-order valence-electron chi connectivity index (χ4n) is 4.61. The SMILES string of the molecule is COc1ccc(-c2cc(N3CCN(C(=O)c4ccc(S(=O)(=O)N5CCCC5)cc4)CC3)ncn2)cc1. The molecule has 10 heteroatoms. The Morgan fingerprint density at radius 1 is 0.861 bits per heavy atom. The van der Waals surface area contributed by atoms with Gasteiger partial charge in [-0.25, -0.2) is 18.4 Å². The summed E-state index contributed by atoms with van der Waals surface area (Å²) in [6, 6.07) is 16.0. The molecule has 0 bridgehead atoms. The molecule has 2 fully saturated rings. The molecule has 0 aliphatic carbocycles. The van der Waals surface area contributed by atoms with E-state index < -0.39 is 10.0 Å². The average molecular weight is 508 g/mol. The molecule has 1 aromatic heterocycles. The zero-order valence-electron chi connectivity index (χ0n) is 20.2. The molecule has 2 aliphatic rings. The second-order valence-electron chi connectivity index (χ2n) is 8.90. The van der Waals surface area contributed by atoms with Gasteiger partial charge in [0, 0.05) is 56.5 Å². The highest BCUT2D eigenvalue weighted by Gasteiger charge is 2.28. The molecule has 5 rings (SSSR count). The summed E-state index contributed by atoms with van der Waals surface area (Å²) in [6.07, 6.45) is 3.34. The van der Waals surface area contributed by atoms with Crippen molar-refractivity contribution in [3.63, 3.8) is 0 Å². The Hall–Kier alpha value is -3.50. The number of carbonyl (C=O) groups excluding carboxylic acids is 1. The summed E-state index contributed by atoms with van der Waals surface area (Å²) in [4.78, 5) is 26.1. The summed E-state index contributed by atoms with van der Waals surface area (Å²) in [5, 5.41) is 0. The van der Waals surface area contributed by atoms with Gasteiger partial charge in [0.15, 0.2) is 0 Å². The fourth-order valence-corrected chi connectivity index (χ4v) is 6.12. The van der Waals surface area contributed by atoms with Crippen molar-refractivity contribution in [3.8, 4) is 17.0 Å². The lowest BCUT2D eigenvalue weighted by Crippen LogP contribution is -2.49. The van der Waals surface area contributed by atoms with E-state index in [0.29, 0.717) is 44.8 Å². The van der Waals surface area contributed by atoms with E-state index in [1.54, 1.807) is 42.6 Å². The van der Waals surface area contributed by atoms with Crippen LogP contribution >= 0.6 is 0 Å². The van der Waals surface area contributed by atoms with Crippen LogP contribution in [0.4, 0.5) is 5.82 Å². The van der Waals surface area contributed by atoms with Crippen molar-refractivity contribution in [2.75, 3.05) is 51.3 Å². The third-order valence-electron chi connectivity index (χ3n) is 6.73. The molecule has 2 aliphatic heterocycles. The summed E-state index contributed by atoms with van der Waals surface area (Å²) >= 11 is 0. The number of anilines is 1. The number of methoxy groups -OCH3 is 1. The molecule has 2 saturated heterocycles. The van der Waals surface area contributed by atoms with Crippen LogP contribution in [0.3, 0.4) is 0 Å². The lowest BCUT2D eigenvalue weighted by atomic mass is 10.1. The number of rotatable bonds is 6. The topological polar surface area (TPSA) is 95.9 Å². The first-order chi connectivity index (χ1) is 17.5. The van der Waals surface area contributed by atoms with Crippen LogP contribution in [-0.2, 0) is 10.0 Å². The molecule has 0 atom stereocenters. The first-order valence-electron chi connectivity index (χ1n) is 12.1. The molecule has 2 aromatic carbocycles. The number of hydrogen-bond donors (Lipinski definition) is 0. The van der Waals surface area contributed by atoms with Gasteiger partial charge in [-0.1, -0.05) is 0 Å². The van der Waals surface area contributed by atoms with Crippen LogP contribution in [0, 0.1) is 0 Å². The predicted octanol–water partition coefficient (Wildman–Crippen LogP) is 2.90. The van der Waals surface area contributed by atoms with E-state index in [1.165, 1.54) is 4.31 Å². The van der Waals surface area contributed by atoms with Crippen LogP contribution in [0.25, 0.3) is 11.3 Å². The minimum absolute atomic E-state index is 0.0959. The maximum atomic E-state index is 13.1. The summed E-state index contributed by atoms with van der Waals surface area (Å²) in [7, 11) is -1.85. The zero-order valence-corrected chi connectivity index (χ0v) is 21.0. The van der Waals surface area contributed by atoms with Crippen LogP contribution in [0.1, 0.15) is 23.2 Å². The molecular weight excluding hydrogens is 478 g/mol. The molecule has 1 amide bonds. The number of hydrogen-bond acceptors (Lipinski definition) is 7. The molecule has 0 radical (unpaired) electrons. The lowest BCUT2D eigenvalue weighted by molar-refractivity contribution is 0.0746. The molecule has 0 unspecified atom stereocenters. The van der Waals surface area contributed by atoms with E-state index >= 15 is 0 Å². The molecule has 3 heterocycles. The molecule has 3 aromatic rings. The van der Waals surface area contributed by atoms with E-state index in [4.69, 9.17) is 4.74 Å². The molecular formula is C26H29N5O4S. The van der Waals surface area contributed by atoms with Gasteiger partial charge in [-0.2, -0.15) is 4.31 Å². The fraction of sp³-hybridized carbons (Fsp3) is 0.346. The smallest absolute Gasteiger partial charge is 0.253 e. The maximum Gasteiger partial charge on any atom is 0.253 e. The quantitative estimate of drug-likeness (QED) is 0.506. The number of carbonyl (C=O) groups is 1. The van der Waals surface area contributed by atoms with Crippen molar-refractivity contribution < 1.29 is 17.9 Å². The van der Waals surface area contributed by atoms with Crippen molar-refractivity contribution >= 4 is 21.7 Å². The van der Waals surface area contributed by atoms with Gasteiger partial charge in [0.25, 0.3) is 5.91 Å². The van der Waals surface area contributed by atoms with Gasteiger partial charge in [-0.15, -0.1) is 0 Å². The average Bonchev–Trinajstić information content (AvgIpc) is 3.49. The van der Waals surface area contributed by atoms with Crippen LogP contribution < -0.4 is 9.64 Å². The highest BCUT2D eigenvalue weighted by Crippen LogP contribution is 2.25. The number of benzene rings is 2. The Morgan fingerprint density at radius 3 is 2.17 bits per heavy atom. The van der Waals surface area contributed by atoms with Gasteiger partial charge in [0.2, 0.25) is 10.0 Å². The van der Waals surface area contributed by atoms with Crippen molar-refractivity contribution in [1.29, 1.82) is 0 Å². The van der Waals surface area contributed by atoms with Crippen molar-refractivity contribution in [3.05, 3.63) is 66.5 Å². The summed E-state index contributed by atoms with van der Waals surface area (Å²) in [5.74, 6) is 1.51. The van der Waals surface area contributed by atoms with Crippen molar-refractivity contribution in [1.82, 2.24) is 19.2 Å². The van der Waals surface area contributed by atoms with Gasteiger partial charge in [-0.05, 0) is 61.4 Å². The molecule has 0 N–H and O–H groups in total. The molecule has 0 spiro atoms.